The molecule has 0 N–H and O–H groups in total. The van der Waals surface area contributed by atoms with E-state index in [1.54, 1.807) is 10.7 Å². The Hall–Kier alpha value is -1.07. The number of ether oxygens (including phenoxy) is 1. The van der Waals surface area contributed by atoms with Crippen molar-refractivity contribution in [2.24, 2.45) is 7.05 Å². The Bertz CT molecular complexity index is 601. The summed E-state index contributed by atoms with van der Waals surface area (Å²) in [5, 5.41) is 4.43. The van der Waals surface area contributed by atoms with Crippen LogP contribution in [-0.4, -0.2) is 9.78 Å². The Morgan fingerprint density at radius 3 is 2.79 bits per heavy atom. The summed E-state index contributed by atoms with van der Waals surface area (Å²) in [6.45, 7) is 2.38. The lowest BCUT2D eigenvalue weighted by Gasteiger charge is -2.07. The van der Waals surface area contributed by atoms with Crippen molar-refractivity contribution in [3.8, 4) is 5.75 Å². The fraction of sp³-hybridized carbons (Fsp3) is 0.308. The standard InChI is InChI=1S/C13H13BrClFN2O/c1-3-11-13(14)12(18(2)17-11)7-19-8-4-5-10(16)9(15)6-8/h4-6H,3,7H2,1-2H3. The van der Waals surface area contributed by atoms with Crippen molar-refractivity contribution < 1.29 is 9.13 Å². The highest BCUT2D eigenvalue weighted by atomic mass is 79.9. The van der Waals surface area contributed by atoms with Crippen molar-refractivity contribution in [1.82, 2.24) is 9.78 Å². The van der Waals surface area contributed by atoms with E-state index in [4.69, 9.17) is 16.3 Å². The summed E-state index contributed by atoms with van der Waals surface area (Å²) in [5.41, 5.74) is 1.91. The van der Waals surface area contributed by atoms with Gasteiger partial charge >= 0.3 is 0 Å². The third kappa shape index (κ3) is 3.09. The smallest absolute Gasteiger partial charge is 0.142 e. The van der Waals surface area contributed by atoms with E-state index in [0.717, 1.165) is 22.3 Å². The second-order valence-corrected chi connectivity index (χ2v) is 5.25. The molecule has 2 rings (SSSR count). The van der Waals surface area contributed by atoms with Gasteiger partial charge in [-0.25, -0.2) is 4.39 Å². The predicted molar refractivity (Wildman–Crippen MR) is 76.0 cm³/mol. The maximum Gasteiger partial charge on any atom is 0.142 e. The highest BCUT2D eigenvalue weighted by Crippen LogP contribution is 2.25. The molecule has 2 aromatic rings. The topological polar surface area (TPSA) is 27.1 Å². The number of hydrogen-bond acceptors (Lipinski definition) is 2. The fourth-order valence-corrected chi connectivity index (χ4v) is 2.60. The molecule has 0 aliphatic carbocycles. The number of hydrogen-bond donors (Lipinski definition) is 0. The van der Waals surface area contributed by atoms with Gasteiger partial charge in [-0.05, 0) is 34.5 Å². The fourth-order valence-electron chi connectivity index (χ4n) is 1.69. The normalized spacial score (nSPS) is 10.8. The molecule has 102 valence electrons. The molecule has 0 aliphatic heterocycles. The first-order valence-electron chi connectivity index (χ1n) is 5.81. The van der Waals surface area contributed by atoms with E-state index < -0.39 is 5.82 Å². The van der Waals surface area contributed by atoms with Gasteiger partial charge in [-0.15, -0.1) is 0 Å². The highest BCUT2D eigenvalue weighted by molar-refractivity contribution is 9.10. The molecule has 0 spiro atoms. The zero-order valence-corrected chi connectivity index (χ0v) is 12.9. The maximum atomic E-state index is 13.0. The number of rotatable bonds is 4. The van der Waals surface area contributed by atoms with Gasteiger partial charge in [0.05, 0.1) is 20.9 Å². The molecule has 0 saturated heterocycles. The first-order valence-corrected chi connectivity index (χ1v) is 6.98. The highest BCUT2D eigenvalue weighted by Gasteiger charge is 2.13. The third-order valence-corrected chi connectivity index (χ3v) is 3.97. The lowest BCUT2D eigenvalue weighted by Crippen LogP contribution is -2.03. The summed E-state index contributed by atoms with van der Waals surface area (Å²) >= 11 is 9.22. The molecule has 1 heterocycles. The average molecular weight is 348 g/mol. The van der Waals surface area contributed by atoms with Crippen molar-refractivity contribution in [2.75, 3.05) is 0 Å². The first kappa shape index (κ1) is 14.3. The Morgan fingerprint density at radius 1 is 1.47 bits per heavy atom. The number of aromatic nitrogens is 2. The van der Waals surface area contributed by atoms with Gasteiger partial charge in [-0.3, -0.25) is 4.68 Å². The van der Waals surface area contributed by atoms with Crippen molar-refractivity contribution in [2.45, 2.75) is 20.0 Å². The third-order valence-electron chi connectivity index (χ3n) is 2.77. The minimum Gasteiger partial charge on any atom is -0.487 e. The molecule has 0 aliphatic rings. The van der Waals surface area contributed by atoms with Gasteiger partial charge in [0.25, 0.3) is 0 Å². The van der Waals surface area contributed by atoms with E-state index in [2.05, 4.69) is 21.0 Å². The van der Waals surface area contributed by atoms with Gasteiger partial charge in [0, 0.05) is 13.1 Å². The molecular formula is C13H13BrClFN2O. The van der Waals surface area contributed by atoms with E-state index >= 15 is 0 Å². The second kappa shape index (κ2) is 5.92. The van der Waals surface area contributed by atoms with Crippen molar-refractivity contribution in [3.63, 3.8) is 0 Å². The van der Waals surface area contributed by atoms with Crippen molar-refractivity contribution in [3.05, 3.63) is 44.9 Å². The van der Waals surface area contributed by atoms with Crippen LogP contribution in [0.25, 0.3) is 0 Å². The summed E-state index contributed by atoms with van der Waals surface area (Å²) < 4.78 is 21.4. The number of benzene rings is 1. The van der Waals surface area contributed by atoms with Crippen LogP contribution in [0.5, 0.6) is 5.75 Å². The summed E-state index contributed by atoms with van der Waals surface area (Å²) in [5.74, 6) is 0.0709. The summed E-state index contributed by atoms with van der Waals surface area (Å²) in [4.78, 5) is 0. The van der Waals surface area contributed by atoms with Crippen LogP contribution in [0, 0.1) is 5.82 Å². The summed E-state index contributed by atoms with van der Waals surface area (Å²) in [6.07, 6.45) is 0.844. The van der Waals surface area contributed by atoms with Crippen LogP contribution in [0.4, 0.5) is 4.39 Å². The molecule has 1 aromatic heterocycles. The van der Waals surface area contributed by atoms with Crippen LogP contribution >= 0.6 is 27.5 Å². The van der Waals surface area contributed by atoms with Crippen molar-refractivity contribution in [1.29, 1.82) is 0 Å². The van der Waals surface area contributed by atoms with Gasteiger partial charge < -0.3 is 4.74 Å². The largest absolute Gasteiger partial charge is 0.487 e. The number of halogens is 3. The van der Waals surface area contributed by atoms with Gasteiger partial charge in [-0.2, -0.15) is 5.10 Å². The van der Waals surface area contributed by atoms with Crippen LogP contribution < -0.4 is 4.74 Å². The molecule has 0 atom stereocenters. The molecule has 6 heteroatoms. The van der Waals surface area contributed by atoms with Crippen molar-refractivity contribution >= 4 is 27.5 Å². The Morgan fingerprint density at radius 2 is 2.21 bits per heavy atom. The van der Waals surface area contributed by atoms with E-state index in [1.807, 2.05) is 14.0 Å². The minimum absolute atomic E-state index is 0.0517. The second-order valence-electron chi connectivity index (χ2n) is 4.05. The van der Waals surface area contributed by atoms with Gasteiger partial charge in [-0.1, -0.05) is 18.5 Å². The Balaban J connectivity index is 2.14. The molecule has 0 bridgehead atoms. The molecule has 0 unspecified atom stereocenters. The van der Waals surface area contributed by atoms with Gasteiger partial charge in [0.15, 0.2) is 0 Å². The van der Waals surface area contributed by atoms with Crippen LogP contribution in [0.2, 0.25) is 5.02 Å². The predicted octanol–water partition coefficient (Wildman–Crippen LogP) is 4.12. The minimum atomic E-state index is -0.455. The molecule has 0 fully saturated rings. The molecule has 3 nitrogen and oxygen atoms in total. The van der Waals surface area contributed by atoms with E-state index in [0.29, 0.717) is 12.4 Å². The lowest BCUT2D eigenvalue weighted by molar-refractivity contribution is 0.293. The van der Waals surface area contributed by atoms with E-state index in [9.17, 15) is 4.39 Å². The molecule has 0 radical (unpaired) electrons. The summed E-state index contributed by atoms with van der Waals surface area (Å²) in [6, 6.07) is 4.29. The molecule has 1 aromatic carbocycles. The quantitative estimate of drug-likeness (QED) is 0.832. The Labute approximate surface area is 124 Å². The van der Waals surface area contributed by atoms with Crippen LogP contribution in [0.15, 0.2) is 22.7 Å². The van der Waals surface area contributed by atoms with E-state index in [1.165, 1.54) is 12.1 Å². The SMILES string of the molecule is CCc1nn(C)c(COc2ccc(F)c(Cl)c2)c1Br. The maximum absolute atomic E-state index is 13.0. The average Bonchev–Trinajstić information content (AvgIpc) is 2.66. The molecular weight excluding hydrogens is 335 g/mol. The number of aryl methyl sites for hydroxylation is 2. The van der Waals surface area contributed by atoms with Crippen LogP contribution in [0.1, 0.15) is 18.3 Å². The molecule has 0 saturated carbocycles. The first-order chi connectivity index (χ1) is 9.02. The summed E-state index contributed by atoms with van der Waals surface area (Å²) in [7, 11) is 1.86. The van der Waals surface area contributed by atoms with Crippen LogP contribution in [-0.2, 0) is 20.1 Å². The van der Waals surface area contributed by atoms with E-state index in [-0.39, 0.29) is 5.02 Å². The zero-order valence-electron chi connectivity index (χ0n) is 10.6. The van der Waals surface area contributed by atoms with Gasteiger partial charge in [0.1, 0.15) is 18.2 Å². The number of nitrogens with zero attached hydrogens (tertiary/aromatic N) is 2. The lowest BCUT2D eigenvalue weighted by atomic mass is 10.3. The molecule has 19 heavy (non-hydrogen) atoms. The van der Waals surface area contributed by atoms with Crippen LogP contribution in [0.3, 0.4) is 0 Å². The molecule has 0 amide bonds. The zero-order chi connectivity index (χ0) is 14.0. The monoisotopic (exact) mass is 346 g/mol. The van der Waals surface area contributed by atoms with Gasteiger partial charge in [0.2, 0.25) is 0 Å². The Kier molecular flexibility index (Phi) is 4.47.